The predicted molar refractivity (Wildman–Crippen MR) is 108 cm³/mol. The van der Waals surface area contributed by atoms with Gasteiger partial charge in [-0.2, -0.15) is 0 Å². The van der Waals surface area contributed by atoms with Crippen molar-refractivity contribution in [2.75, 3.05) is 6.61 Å². The fourth-order valence-electron chi connectivity index (χ4n) is 5.09. The van der Waals surface area contributed by atoms with Gasteiger partial charge in [-0.05, 0) is 43.9 Å². The molecule has 27 heavy (non-hydrogen) atoms. The molecule has 0 spiro atoms. The van der Waals surface area contributed by atoms with Crippen molar-refractivity contribution in [3.63, 3.8) is 0 Å². The minimum absolute atomic E-state index is 0.0699. The molecule has 0 saturated heterocycles. The van der Waals surface area contributed by atoms with Gasteiger partial charge in [0.25, 0.3) is 0 Å². The van der Waals surface area contributed by atoms with Crippen LogP contribution in [0.4, 0.5) is 0 Å². The molecule has 4 nitrogen and oxygen atoms in total. The number of Topliss-reactive ketones (excluding diaryl/α,β-unsaturated/α-hetero) is 1. The highest BCUT2D eigenvalue weighted by atomic mass is 16.3. The summed E-state index contributed by atoms with van der Waals surface area (Å²) in [4.78, 5) is 12.3. The maximum atomic E-state index is 12.3. The Hall–Kier alpha value is -0.710. The van der Waals surface area contributed by atoms with Gasteiger partial charge >= 0.3 is 0 Å². The molecule has 2 fully saturated rings. The average molecular weight is 381 g/mol. The van der Waals surface area contributed by atoms with Crippen molar-refractivity contribution in [1.82, 2.24) is 0 Å². The van der Waals surface area contributed by atoms with Gasteiger partial charge < -0.3 is 15.3 Å². The van der Waals surface area contributed by atoms with Crippen LogP contribution in [0.3, 0.4) is 0 Å². The quantitative estimate of drug-likeness (QED) is 0.331. The van der Waals surface area contributed by atoms with E-state index >= 15 is 0 Å². The molecule has 156 valence electrons. The Morgan fingerprint density at radius 3 is 2.52 bits per heavy atom. The maximum Gasteiger partial charge on any atom is 0.139 e. The molecule has 2 aliphatic carbocycles. The summed E-state index contributed by atoms with van der Waals surface area (Å²) in [6.45, 7) is 2.43. The molecule has 2 saturated carbocycles. The van der Waals surface area contributed by atoms with Gasteiger partial charge in [-0.15, -0.1) is 0 Å². The first kappa shape index (κ1) is 22.6. The molecule has 0 amide bonds. The van der Waals surface area contributed by atoms with E-state index in [9.17, 15) is 15.0 Å². The van der Waals surface area contributed by atoms with Crippen LogP contribution in [-0.4, -0.2) is 39.9 Å². The van der Waals surface area contributed by atoms with Gasteiger partial charge in [0.1, 0.15) is 5.78 Å². The van der Waals surface area contributed by atoms with Gasteiger partial charge in [-0.1, -0.05) is 57.6 Å². The lowest BCUT2D eigenvalue weighted by Gasteiger charge is -2.45. The normalized spacial score (nSPS) is 28.6. The molecule has 4 atom stereocenters. The first-order valence-corrected chi connectivity index (χ1v) is 11.2. The summed E-state index contributed by atoms with van der Waals surface area (Å²) in [5.74, 6) is 0.0275. The largest absolute Gasteiger partial charge is 0.396 e. The zero-order chi connectivity index (χ0) is 19.7. The first-order chi connectivity index (χ1) is 13.0. The molecule has 0 unspecified atom stereocenters. The van der Waals surface area contributed by atoms with Crippen LogP contribution < -0.4 is 0 Å². The average Bonchev–Trinajstić information content (AvgIpc) is 2.87. The Morgan fingerprint density at radius 1 is 1.19 bits per heavy atom. The Morgan fingerprint density at radius 2 is 1.89 bits per heavy atom. The van der Waals surface area contributed by atoms with E-state index in [1.807, 2.05) is 12.2 Å². The second kappa shape index (κ2) is 11.3. The highest BCUT2D eigenvalue weighted by molar-refractivity contribution is 5.84. The van der Waals surface area contributed by atoms with Crippen LogP contribution in [0.15, 0.2) is 12.2 Å². The van der Waals surface area contributed by atoms with E-state index in [2.05, 4.69) is 6.92 Å². The monoisotopic (exact) mass is 380 g/mol. The lowest BCUT2D eigenvalue weighted by molar-refractivity contribution is -0.121. The molecule has 0 heterocycles. The van der Waals surface area contributed by atoms with Crippen LogP contribution in [-0.2, 0) is 4.79 Å². The van der Waals surface area contributed by atoms with E-state index in [1.54, 1.807) is 0 Å². The van der Waals surface area contributed by atoms with Gasteiger partial charge in [-0.25, -0.2) is 0 Å². The molecule has 2 rings (SSSR count). The molecule has 4 heteroatoms. The highest BCUT2D eigenvalue weighted by Gasteiger charge is 2.42. The van der Waals surface area contributed by atoms with E-state index in [-0.39, 0.29) is 42.2 Å². The fourth-order valence-corrected chi connectivity index (χ4v) is 5.09. The Bertz CT molecular complexity index is 469. The number of hydrogen-bond donors (Lipinski definition) is 3. The molecule has 0 aromatic heterocycles. The number of carbonyl (C=O) groups excluding carboxylic acids is 1. The predicted octanol–water partition coefficient (Wildman–Crippen LogP) is 4.16. The summed E-state index contributed by atoms with van der Waals surface area (Å²) < 4.78 is 0. The Kier molecular flexibility index (Phi) is 9.47. The van der Waals surface area contributed by atoms with Gasteiger partial charge in [0.2, 0.25) is 0 Å². The van der Waals surface area contributed by atoms with Crippen molar-refractivity contribution >= 4 is 5.78 Å². The number of aliphatic hydroxyl groups is 3. The summed E-state index contributed by atoms with van der Waals surface area (Å²) in [6, 6.07) is 0. The van der Waals surface area contributed by atoms with Crippen molar-refractivity contribution in [2.24, 2.45) is 17.3 Å². The molecule has 2 aliphatic rings. The summed E-state index contributed by atoms with van der Waals surface area (Å²) >= 11 is 0. The zero-order valence-electron chi connectivity index (χ0n) is 17.1. The highest BCUT2D eigenvalue weighted by Crippen LogP contribution is 2.48. The van der Waals surface area contributed by atoms with Gasteiger partial charge in [0, 0.05) is 24.9 Å². The van der Waals surface area contributed by atoms with Crippen molar-refractivity contribution in [2.45, 2.75) is 103 Å². The lowest BCUT2D eigenvalue weighted by Crippen LogP contribution is -2.41. The third-order valence-electron chi connectivity index (χ3n) is 6.93. The Balaban J connectivity index is 1.81. The molecule has 3 N–H and O–H groups in total. The summed E-state index contributed by atoms with van der Waals surface area (Å²) in [5, 5.41) is 29.8. The first-order valence-electron chi connectivity index (χ1n) is 11.2. The minimum Gasteiger partial charge on any atom is -0.396 e. The van der Waals surface area contributed by atoms with E-state index < -0.39 is 6.10 Å². The SMILES string of the molecule is CCCC1([C@@H](O)C/C=C/[C@H]2[C@H](O)CC(=O)[C@@H]2CCCCCCCO)CCC1. The third-order valence-corrected chi connectivity index (χ3v) is 6.93. The molecule has 0 radical (unpaired) electrons. The van der Waals surface area contributed by atoms with Crippen molar-refractivity contribution < 1.29 is 20.1 Å². The van der Waals surface area contributed by atoms with E-state index in [0.29, 0.717) is 6.42 Å². The number of unbranched alkanes of at least 4 members (excludes halogenated alkanes) is 4. The number of hydrogen-bond acceptors (Lipinski definition) is 4. The zero-order valence-corrected chi connectivity index (χ0v) is 17.1. The van der Waals surface area contributed by atoms with Crippen molar-refractivity contribution in [1.29, 1.82) is 0 Å². The standard InChI is InChI=1S/C23H40O4/c1-2-13-23(14-9-15-23)22(27)12-8-11-19-18(20(25)17-21(19)26)10-6-4-3-5-7-16-24/h8,11,18-19,21-22,24,26-27H,2-7,9-10,12-17H2,1H3/b11-8+/t18-,19-,21-,22+/m1/s1. The number of rotatable bonds is 13. The van der Waals surface area contributed by atoms with Crippen LogP contribution in [0.1, 0.15) is 90.4 Å². The molecule has 0 bridgehead atoms. The van der Waals surface area contributed by atoms with Crippen molar-refractivity contribution in [3.05, 3.63) is 12.2 Å². The summed E-state index contributed by atoms with van der Waals surface area (Å²) in [6.07, 6.45) is 15.6. The fraction of sp³-hybridized carbons (Fsp3) is 0.870. The smallest absolute Gasteiger partial charge is 0.139 e. The topological polar surface area (TPSA) is 77.8 Å². The van der Waals surface area contributed by atoms with Gasteiger partial charge in [-0.3, -0.25) is 4.79 Å². The van der Waals surface area contributed by atoms with Crippen LogP contribution >= 0.6 is 0 Å². The third kappa shape index (κ3) is 6.13. The molecule has 0 aliphatic heterocycles. The van der Waals surface area contributed by atoms with Gasteiger partial charge in [0.15, 0.2) is 0 Å². The summed E-state index contributed by atoms with van der Waals surface area (Å²) in [7, 11) is 0. The Labute approximate surface area is 165 Å². The van der Waals surface area contributed by atoms with Crippen LogP contribution in [0.2, 0.25) is 0 Å². The number of carbonyl (C=O) groups is 1. The minimum atomic E-state index is -0.571. The maximum absolute atomic E-state index is 12.3. The number of ketones is 1. The summed E-state index contributed by atoms with van der Waals surface area (Å²) in [5.41, 5.74) is 0.108. The molecule has 0 aromatic carbocycles. The van der Waals surface area contributed by atoms with E-state index in [4.69, 9.17) is 5.11 Å². The molecular weight excluding hydrogens is 340 g/mol. The van der Waals surface area contributed by atoms with Crippen LogP contribution in [0.25, 0.3) is 0 Å². The van der Waals surface area contributed by atoms with E-state index in [0.717, 1.165) is 64.2 Å². The second-order valence-corrected chi connectivity index (χ2v) is 8.85. The number of aliphatic hydroxyl groups excluding tert-OH is 3. The molecular formula is C23H40O4. The van der Waals surface area contributed by atoms with E-state index in [1.165, 1.54) is 6.42 Å². The van der Waals surface area contributed by atoms with Crippen molar-refractivity contribution in [3.8, 4) is 0 Å². The lowest BCUT2D eigenvalue weighted by atomic mass is 9.62. The second-order valence-electron chi connectivity index (χ2n) is 8.85. The molecule has 0 aromatic rings. The van der Waals surface area contributed by atoms with Crippen LogP contribution in [0, 0.1) is 17.3 Å². The van der Waals surface area contributed by atoms with Crippen LogP contribution in [0.5, 0.6) is 0 Å². The van der Waals surface area contributed by atoms with Gasteiger partial charge in [0.05, 0.1) is 12.2 Å².